The fourth-order valence-electron chi connectivity index (χ4n) is 7.44. The predicted octanol–water partition coefficient (Wildman–Crippen LogP) is 4.42. The molecule has 0 bridgehead atoms. The number of rotatable bonds is 3. The van der Waals surface area contributed by atoms with Gasteiger partial charge in [0.15, 0.2) is 0 Å². The van der Waals surface area contributed by atoms with E-state index in [1.54, 1.807) is 31.2 Å². The SMILES string of the molecule is C[C@]1(O)C[C@@H](NC(=O)[C@@H]2NC3(CCCC3)[C@@]3(C(=O)Nc4cc(Cl)ccc43)[C@H]2c2cccc(Cl)c2F)C1. The second kappa shape index (κ2) is 8.15. The van der Waals surface area contributed by atoms with Gasteiger partial charge >= 0.3 is 0 Å². The molecule has 2 aliphatic heterocycles. The van der Waals surface area contributed by atoms with Gasteiger partial charge in [-0.2, -0.15) is 0 Å². The van der Waals surface area contributed by atoms with Crippen molar-refractivity contribution >= 4 is 40.7 Å². The van der Waals surface area contributed by atoms with Crippen molar-refractivity contribution in [3.8, 4) is 0 Å². The van der Waals surface area contributed by atoms with Crippen molar-refractivity contribution < 1.29 is 19.1 Å². The van der Waals surface area contributed by atoms with Gasteiger partial charge in [0.05, 0.1) is 16.7 Å². The fourth-order valence-corrected chi connectivity index (χ4v) is 7.79. The number of fused-ring (bicyclic) bond motifs is 3. The third kappa shape index (κ3) is 3.29. The summed E-state index contributed by atoms with van der Waals surface area (Å²) < 4.78 is 15.7. The summed E-state index contributed by atoms with van der Waals surface area (Å²) in [7, 11) is 0. The van der Waals surface area contributed by atoms with Gasteiger partial charge in [0.25, 0.3) is 0 Å². The molecule has 4 N–H and O–H groups in total. The number of hydrogen-bond donors (Lipinski definition) is 4. The molecule has 2 heterocycles. The molecule has 9 heteroatoms. The zero-order chi connectivity index (χ0) is 25.5. The lowest BCUT2D eigenvalue weighted by Crippen LogP contribution is -2.58. The molecule has 3 fully saturated rings. The Bertz CT molecular complexity index is 1270. The van der Waals surface area contributed by atoms with Crippen molar-refractivity contribution in [2.24, 2.45) is 0 Å². The number of amides is 2. The Kier molecular flexibility index (Phi) is 5.47. The van der Waals surface area contributed by atoms with Crippen LogP contribution in [0.2, 0.25) is 10.0 Å². The Labute approximate surface area is 218 Å². The van der Waals surface area contributed by atoms with Crippen molar-refractivity contribution in [2.75, 3.05) is 5.32 Å². The molecule has 36 heavy (non-hydrogen) atoms. The number of hydrogen-bond acceptors (Lipinski definition) is 4. The molecular formula is C27H28Cl2FN3O3. The van der Waals surface area contributed by atoms with Crippen LogP contribution in [0.1, 0.15) is 62.5 Å². The number of benzene rings is 2. The van der Waals surface area contributed by atoms with E-state index in [0.717, 1.165) is 18.4 Å². The number of carbonyl (C=O) groups excluding carboxylic acids is 2. The summed E-state index contributed by atoms with van der Waals surface area (Å²) in [5.74, 6) is -2.05. The summed E-state index contributed by atoms with van der Waals surface area (Å²) in [5, 5.41) is 20.2. The van der Waals surface area contributed by atoms with Crippen LogP contribution in [0.15, 0.2) is 36.4 Å². The van der Waals surface area contributed by atoms with E-state index in [-0.39, 0.29) is 28.4 Å². The first-order valence-electron chi connectivity index (χ1n) is 12.4. The molecule has 1 saturated heterocycles. The predicted molar refractivity (Wildman–Crippen MR) is 136 cm³/mol. The molecular weight excluding hydrogens is 504 g/mol. The van der Waals surface area contributed by atoms with Gasteiger partial charge in [0.2, 0.25) is 11.8 Å². The number of aliphatic hydroxyl groups is 1. The highest BCUT2D eigenvalue weighted by Gasteiger charge is 2.73. The minimum Gasteiger partial charge on any atom is -0.390 e. The summed E-state index contributed by atoms with van der Waals surface area (Å²) in [6.45, 7) is 1.74. The van der Waals surface area contributed by atoms with Crippen LogP contribution in [0, 0.1) is 5.82 Å². The Hall–Kier alpha value is -2.19. The highest BCUT2D eigenvalue weighted by atomic mass is 35.5. The second-order valence-electron chi connectivity index (χ2n) is 11.1. The standard InChI is InChI=1S/C27H28Cl2FN3O3/c1-25(36)12-15(13-25)31-23(34)22-20(16-5-4-6-18(29)21(16)30)27(26(33-22)9-2-3-10-26)17-8-7-14(28)11-19(17)32-24(27)35/h4-8,11,15,20,22,33,36H,2-3,9-10,12-13H2,1H3,(H,31,34)(H,32,35)/t15-,20-,22+,25+,27+/m0/s1. The van der Waals surface area contributed by atoms with Gasteiger partial charge in [-0.3, -0.25) is 14.9 Å². The van der Waals surface area contributed by atoms with Gasteiger partial charge in [0, 0.05) is 28.2 Å². The monoisotopic (exact) mass is 531 g/mol. The van der Waals surface area contributed by atoms with Crippen LogP contribution in [-0.2, 0) is 15.0 Å². The van der Waals surface area contributed by atoms with Crippen LogP contribution in [0.25, 0.3) is 0 Å². The van der Waals surface area contributed by atoms with Crippen LogP contribution in [-0.4, -0.2) is 40.1 Å². The Balaban J connectivity index is 1.55. The third-order valence-electron chi connectivity index (χ3n) is 8.77. The van der Waals surface area contributed by atoms with Crippen LogP contribution < -0.4 is 16.0 Å². The van der Waals surface area contributed by atoms with Crippen LogP contribution in [0.3, 0.4) is 0 Å². The van der Waals surface area contributed by atoms with Crippen molar-refractivity contribution in [3.63, 3.8) is 0 Å². The van der Waals surface area contributed by atoms with Crippen LogP contribution >= 0.6 is 23.2 Å². The summed E-state index contributed by atoms with van der Waals surface area (Å²) in [6, 6.07) is 8.96. The van der Waals surface area contributed by atoms with Gasteiger partial charge in [-0.25, -0.2) is 4.39 Å². The Morgan fingerprint density at radius 1 is 1.17 bits per heavy atom. The Morgan fingerprint density at radius 3 is 2.58 bits per heavy atom. The molecule has 6 rings (SSSR count). The quantitative estimate of drug-likeness (QED) is 0.471. The third-order valence-corrected chi connectivity index (χ3v) is 9.30. The molecule has 0 aromatic heterocycles. The first-order valence-corrected chi connectivity index (χ1v) is 13.2. The average molecular weight is 532 g/mol. The van der Waals surface area contributed by atoms with E-state index in [2.05, 4.69) is 16.0 Å². The summed E-state index contributed by atoms with van der Waals surface area (Å²) in [6.07, 6.45) is 4.00. The molecule has 2 amide bonds. The number of halogens is 3. The highest BCUT2D eigenvalue weighted by molar-refractivity contribution is 6.31. The smallest absolute Gasteiger partial charge is 0.238 e. The van der Waals surface area contributed by atoms with Gasteiger partial charge < -0.3 is 15.7 Å². The normalized spacial score (nSPS) is 34.0. The lowest BCUT2D eigenvalue weighted by molar-refractivity contribution is -0.127. The maximum atomic E-state index is 15.7. The van der Waals surface area contributed by atoms with E-state index in [4.69, 9.17) is 23.2 Å². The first kappa shape index (κ1) is 24.2. The van der Waals surface area contributed by atoms with Gasteiger partial charge in [0.1, 0.15) is 11.2 Å². The maximum absolute atomic E-state index is 15.7. The number of anilines is 1. The molecule has 2 aromatic carbocycles. The Morgan fingerprint density at radius 2 is 1.89 bits per heavy atom. The highest BCUT2D eigenvalue weighted by Crippen LogP contribution is 2.63. The fraction of sp³-hybridized carbons (Fsp3) is 0.481. The molecule has 2 saturated carbocycles. The maximum Gasteiger partial charge on any atom is 0.238 e. The van der Waals surface area contributed by atoms with E-state index in [1.807, 2.05) is 6.07 Å². The number of nitrogens with one attached hydrogen (secondary N) is 3. The van der Waals surface area contributed by atoms with Crippen LogP contribution in [0.5, 0.6) is 0 Å². The molecule has 2 aromatic rings. The molecule has 190 valence electrons. The minimum absolute atomic E-state index is 0.0565. The lowest BCUT2D eigenvalue weighted by Gasteiger charge is -2.42. The van der Waals surface area contributed by atoms with Gasteiger partial charge in [-0.05, 0) is 61.9 Å². The molecule has 6 nitrogen and oxygen atoms in total. The lowest BCUT2D eigenvalue weighted by atomic mass is 9.58. The summed E-state index contributed by atoms with van der Waals surface area (Å²) in [5.41, 5.74) is -1.25. The second-order valence-corrected chi connectivity index (χ2v) is 11.9. The van der Waals surface area contributed by atoms with Crippen molar-refractivity contribution in [2.45, 2.75) is 80.0 Å². The molecule has 3 atom stereocenters. The van der Waals surface area contributed by atoms with Crippen molar-refractivity contribution in [3.05, 3.63) is 63.4 Å². The van der Waals surface area contributed by atoms with E-state index in [0.29, 0.717) is 36.4 Å². The molecule has 2 aliphatic carbocycles. The molecule has 2 spiro atoms. The van der Waals surface area contributed by atoms with Gasteiger partial charge in [-0.15, -0.1) is 0 Å². The van der Waals surface area contributed by atoms with E-state index >= 15 is 4.39 Å². The zero-order valence-electron chi connectivity index (χ0n) is 19.8. The molecule has 0 unspecified atom stereocenters. The first-order chi connectivity index (χ1) is 17.1. The van der Waals surface area contributed by atoms with Crippen LogP contribution in [0.4, 0.5) is 10.1 Å². The van der Waals surface area contributed by atoms with E-state index in [1.165, 1.54) is 6.07 Å². The molecule has 0 radical (unpaired) electrons. The van der Waals surface area contributed by atoms with E-state index < -0.39 is 34.3 Å². The van der Waals surface area contributed by atoms with Gasteiger partial charge in [-0.1, -0.05) is 54.2 Å². The van der Waals surface area contributed by atoms with Crippen molar-refractivity contribution in [1.82, 2.24) is 10.6 Å². The van der Waals surface area contributed by atoms with E-state index in [9.17, 15) is 14.7 Å². The average Bonchev–Trinajstić information content (AvgIpc) is 3.46. The largest absolute Gasteiger partial charge is 0.390 e. The number of carbonyl (C=O) groups is 2. The zero-order valence-corrected chi connectivity index (χ0v) is 21.3. The minimum atomic E-state index is -1.23. The van der Waals surface area contributed by atoms with Crippen molar-refractivity contribution in [1.29, 1.82) is 0 Å². The summed E-state index contributed by atoms with van der Waals surface area (Å²) >= 11 is 12.5. The topological polar surface area (TPSA) is 90.5 Å². The molecule has 4 aliphatic rings. The summed E-state index contributed by atoms with van der Waals surface area (Å²) in [4.78, 5) is 28.0.